The van der Waals surface area contributed by atoms with Crippen LogP contribution < -0.4 is 10.6 Å². The number of carbonyl (C=O) groups excluding carboxylic acids is 3. The van der Waals surface area contributed by atoms with Crippen molar-refractivity contribution in [1.29, 1.82) is 0 Å². The second-order valence-electron chi connectivity index (χ2n) is 3.31. The summed E-state index contributed by atoms with van der Waals surface area (Å²) in [6.07, 6.45) is 4.16. The Morgan fingerprint density at radius 1 is 1.30 bits per heavy atom. The third kappa shape index (κ3) is 8.54. The van der Waals surface area contributed by atoms with Gasteiger partial charge in [-0.25, -0.2) is 9.59 Å². The molecule has 0 saturated heterocycles. The minimum Gasteiger partial charge on any atom is -0.423 e. The summed E-state index contributed by atoms with van der Waals surface area (Å²) in [7, 11) is 1.44. The quantitative estimate of drug-likeness (QED) is 0.270. The molecule has 0 rings (SSSR count). The van der Waals surface area contributed by atoms with Crippen LogP contribution in [0.5, 0.6) is 0 Å². The third-order valence-corrected chi connectivity index (χ3v) is 1.78. The van der Waals surface area contributed by atoms with Gasteiger partial charge in [-0.1, -0.05) is 12.5 Å². The van der Waals surface area contributed by atoms with E-state index in [1.165, 1.54) is 7.11 Å². The molecular weight excluding hydrogens is 268 g/mol. The summed E-state index contributed by atoms with van der Waals surface area (Å²) >= 11 is 0. The third-order valence-electron chi connectivity index (χ3n) is 1.78. The summed E-state index contributed by atoms with van der Waals surface area (Å²) < 4.78 is 13.7. The van der Waals surface area contributed by atoms with E-state index in [0.717, 1.165) is 0 Å². The maximum atomic E-state index is 11.3. The number of hydrogen-bond acceptors (Lipinski definition) is 6. The van der Waals surface area contributed by atoms with Crippen LogP contribution >= 0.6 is 0 Å². The number of ether oxygens (including phenoxy) is 3. The van der Waals surface area contributed by atoms with Crippen molar-refractivity contribution >= 4 is 18.0 Å². The molecule has 0 aliphatic rings. The highest BCUT2D eigenvalue weighted by Crippen LogP contribution is 1.93. The number of rotatable bonds is 8. The van der Waals surface area contributed by atoms with Gasteiger partial charge >= 0.3 is 12.1 Å². The topological polar surface area (TPSA) is 103 Å². The highest BCUT2D eigenvalue weighted by atomic mass is 16.7. The molecular formula is C12H16N2O6. The van der Waals surface area contributed by atoms with E-state index in [-0.39, 0.29) is 25.3 Å². The monoisotopic (exact) mass is 284 g/mol. The first-order valence-electron chi connectivity index (χ1n) is 5.50. The second kappa shape index (κ2) is 10.4. The van der Waals surface area contributed by atoms with Crippen molar-refractivity contribution in [2.45, 2.75) is 6.42 Å². The lowest BCUT2D eigenvalue weighted by Gasteiger charge is -2.09. The molecule has 0 aromatic rings. The van der Waals surface area contributed by atoms with Gasteiger partial charge in [0.2, 0.25) is 12.7 Å². The van der Waals surface area contributed by atoms with Crippen LogP contribution in [0.2, 0.25) is 0 Å². The summed E-state index contributed by atoms with van der Waals surface area (Å²) in [6, 6.07) is 0. The molecule has 110 valence electrons. The van der Waals surface area contributed by atoms with E-state index in [2.05, 4.69) is 32.6 Å². The zero-order valence-corrected chi connectivity index (χ0v) is 11.1. The zero-order chi connectivity index (χ0) is 15.4. The van der Waals surface area contributed by atoms with E-state index in [0.29, 0.717) is 0 Å². The summed E-state index contributed by atoms with van der Waals surface area (Å²) in [5.41, 5.74) is -0.265. The fraction of sp³-hybridized carbons (Fsp3) is 0.417. The van der Waals surface area contributed by atoms with Crippen LogP contribution in [0.3, 0.4) is 0 Å². The molecule has 2 amide bonds. The van der Waals surface area contributed by atoms with Crippen molar-refractivity contribution in [1.82, 2.24) is 10.6 Å². The molecule has 2 N–H and O–H groups in total. The van der Waals surface area contributed by atoms with Gasteiger partial charge in [0, 0.05) is 7.11 Å². The number of nitrogens with one attached hydrogen (secondary N) is 2. The van der Waals surface area contributed by atoms with Gasteiger partial charge < -0.3 is 24.8 Å². The van der Waals surface area contributed by atoms with Gasteiger partial charge in [-0.15, -0.1) is 6.42 Å². The van der Waals surface area contributed by atoms with Gasteiger partial charge in [-0.3, -0.25) is 4.79 Å². The van der Waals surface area contributed by atoms with E-state index in [9.17, 15) is 14.4 Å². The molecule has 0 heterocycles. The first-order valence-corrected chi connectivity index (χ1v) is 5.50. The number of alkyl carbamates (subject to hydrolysis) is 1. The smallest absolute Gasteiger partial charge is 0.410 e. The number of methoxy groups -OCH3 is 1. The highest BCUT2D eigenvalue weighted by Gasteiger charge is 2.12. The van der Waals surface area contributed by atoms with Crippen LogP contribution in [0, 0.1) is 12.3 Å². The Kier molecular flexibility index (Phi) is 9.08. The molecule has 0 aromatic heterocycles. The number of esters is 1. The molecule has 0 unspecified atom stereocenters. The van der Waals surface area contributed by atoms with Crippen LogP contribution in [-0.4, -0.2) is 45.0 Å². The SMILES string of the molecule is C#CCNC(=O)OCOC(=O)C(=C)NC(=O)CCOC. The van der Waals surface area contributed by atoms with Gasteiger partial charge in [-0.05, 0) is 0 Å². The second-order valence-corrected chi connectivity index (χ2v) is 3.31. The first-order chi connectivity index (χ1) is 9.51. The highest BCUT2D eigenvalue weighted by molar-refractivity contribution is 5.93. The van der Waals surface area contributed by atoms with Crippen molar-refractivity contribution in [2.75, 3.05) is 27.1 Å². The van der Waals surface area contributed by atoms with Crippen LogP contribution in [0.15, 0.2) is 12.3 Å². The number of carbonyl (C=O) groups is 3. The average molecular weight is 284 g/mol. The molecule has 0 aliphatic carbocycles. The van der Waals surface area contributed by atoms with E-state index >= 15 is 0 Å². The molecule has 0 fully saturated rings. The average Bonchev–Trinajstić information content (AvgIpc) is 2.42. The summed E-state index contributed by atoms with van der Waals surface area (Å²) in [5.74, 6) is 0.804. The van der Waals surface area contributed by atoms with Gasteiger partial charge in [-0.2, -0.15) is 0 Å². The molecule has 0 radical (unpaired) electrons. The molecule has 0 spiro atoms. The Morgan fingerprint density at radius 3 is 2.60 bits per heavy atom. The lowest BCUT2D eigenvalue weighted by molar-refractivity contribution is -0.148. The molecule has 0 atom stereocenters. The van der Waals surface area contributed by atoms with Gasteiger partial charge in [0.1, 0.15) is 5.70 Å². The largest absolute Gasteiger partial charge is 0.423 e. The van der Waals surface area contributed by atoms with E-state index in [1.54, 1.807) is 0 Å². The fourth-order valence-electron chi connectivity index (χ4n) is 0.874. The lowest BCUT2D eigenvalue weighted by Crippen LogP contribution is -2.30. The van der Waals surface area contributed by atoms with Crippen molar-refractivity contribution in [3.63, 3.8) is 0 Å². The maximum Gasteiger partial charge on any atom is 0.410 e. The Balaban J connectivity index is 3.86. The van der Waals surface area contributed by atoms with Gasteiger partial charge in [0.05, 0.1) is 19.6 Å². The van der Waals surface area contributed by atoms with Crippen molar-refractivity contribution in [3.8, 4) is 12.3 Å². The van der Waals surface area contributed by atoms with Gasteiger partial charge in [0.15, 0.2) is 0 Å². The first kappa shape index (κ1) is 17.5. The Bertz CT molecular complexity index is 413. The summed E-state index contributed by atoms with van der Waals surface area (Å²) in [5, 5.41) is 4.41. The van der Waals surface area contributed by atoms with E-state index in [1.807, 2.05) is 0 Å². The molecule has 0 aromatic carbocycles. The predicted octanol–water partition coefficient (Wildman–Crippen LogP) is -0.487. The molecule has 20 heavy (non-hydrogen) atoms. The molecule has 8 nitrogen and oxygen atoms in total. The van der Waals surface area contributed by atoms with E-state index < -0.39 is 24.8 Å². The van der Waals surface area contributed by atoms with Crippen molar-refractivity contribution in [2.24, 2.45) is 0 Å². The Hall–Kier alpha value is -2.53. The van der Waals surface area contributed by atoms with Crippen LogP contribution in [0.1, 0.15) is 6.42 Å². The minimum atomic E-state index is -0.916. The standard InChI is InChI=1S/C12H16N2O6/c1-4-6-13-12(17)20-8-19-11(16)9(2)14-10(15)5-7-18-3/h1H,2,5-8H2,3H3,(H,13,17)(H,14,15). The van der Waals surface area contributed by atoms with E-state index in [4.69, 9.17) is 11.2 Å². The normalized spacial score (nSPS) is 9.00. The molecule has 8 heteroatoms. The number of hydrogen-bond donors (Lipinski definition) is 2. The molecule has 0 aliphatic heterocycles. The zero-order valence-electron chi connectivity index (χ0n) is 11.1. The number of terminal acetylenes is 1. The maximum absolute atomic E-state index is 11.3. The Morgan fingerprint density at radius 2 is 2.00 bits per heavy atom. The van der Waals surface area contributed by atoms with Crippen molar-refractivity contribution < 1.29 is 28.6 Å². The minimum absolute atomic E-state index is 0.00492. The fourth-order valence-corrected chi connectivity index (χ4v) is 0.874. The molecule has 0 bridgehead atoms. The summed E-state index contributed by atoms with van der Waals surface area (Å²) in [4.78, 5) is 33.5. The van der Waals surface area contributed by atoms with Crippen molar-refractivity contribution in [3.05, 3.63) is 12.3 Å². The predicted molar refractivity (Wildman–Crippen MR) is 68.1 cm³/mol. The van der Waals surface area contributed by atoms with Crippen LogP contribution in [0.25, 0.3) is 0 Å². The number of amides is 2. The summed E-state index contributed by atoms with van der Waals surface area (Å²) in [6.45, 7) is 2.91. The Labute approximate surface area is 116 Å². The van der Waals surface area contributed by atoms with Gasteiger partial charge in [0.25, 0.3) is 0 Å². The lowest BCUT2D eigenvalue weighted by atomic mass is 10.4. The van der Waals surface area contributed by atoms with Crippen LogP contribution in [-0.2, 0) is 23.8 Å². The van der Waals surface area contributed by atoms with Crippen LogP contribution in [0.4, 0.5) is 4.79 Å². The molecule has 0 saturated carbocycles.